The minimum atomic E-state index is 0.0647. The average molecular weight is 376 g/mol. The van der Waals surface area contributed by atoms with E-state index in [2.05, 4.69) is 0 Å². The van der Waals surface area contributed by atoms with Gasteiger partial charge in [0.15, 0.2) is 5.78 Å². The van der Waals surface area contributed by atoms with Crippen molar-refractivity contribution >= 4 is 23.4 Å². The summed E-state index contributed by atoms with van der Waals surface area (Å²) in [6.45, 7) is 0. The Morgan fingerprint density at radius 3 is 2.15 bits per heavy atom. The largest absolute Gasteiger partial charge is 0.457 e. The maximum Gasteiger partial charge on any atom is 0.167 e. The van der Waals surface area contributed by atoms with E-state index in [1.165, 1.54) is 11.8 Å². The molecule has 0 unspecified atom stereocenters. The van der Waals surface area contributed by atoms with Crippen molar-refractivity contribution < 1.29 is 9.53 Å². The molecule has 3 N–H and O–H groups in total. The predicted molar refractivity (Wildman–Crippen MR) is 110 cm³/mol. The Kier molecular flexibility index (Phi) is 6.28. The normalized spacial score (nSPS) is 10.4. The van der Waals surface area contributed by atoms with Crippen LogP contribution in [0.4, 0.5) is 0 Å². The van der Waals surface area contributed by atoms with Crippen LogP contribution in [-0.2, 0) is 6.42 Å². The molecule has 0 aliphatic rings. The Morgan fingerprint density at radius 2 is 1.52 bits per heavy atom. The number of ketones is 1. The molecule has 27 heavy (non-hydrogen) atoms. The molecule has 5 heteroatoms. The van der Waals surface area contributed by atoms with Crippen molar-refractivity contribution in [3.8, 4) is 11.5 Å². The van der Waals surface area contributed by atoms with Crippen LogP contribution in [0.25, 0.3) is 0 Å². The summed E-state index contributed by atoms with van der Waals surface area (Å²) in [6.07, 6.45) is 0.339. The lowest BCUT2D eigenvalue weighted by Crippen LogP contribution is -2.11. The number of hydrogen-bond donors (Lipinski definition) is 2. The van der Waals surface area contributed by atoms with Crippen molar-refractivity contribution in [1.82, 2.24) is 0 Å². The van der Waals surface area contributed by atoms with E-state index in [9.17, 15) is 4.79 Å². The van der Waals surface area contributed by atoms with E-state index >= 15 is 0 Å². The molecule has 4 nitrogen and oxygen atoms in total. The number of Topliss-reactive ketones (excluding diaryl/α,β-unsaturated/α-hetero) is 1. The van der Waals surface area contributed by atoms with E-state index in [0.29, 0.717) is 17.7 Å². The maximum atomic E-state index is 12.5. The van der Waals surface area contributed by atoms with E-state index in [-0.39, 0.29) is 11.6 Å². The fourth-order valence-corrected chi connectivity index (χ4v) is 3.14. The van der Waals surface area contributed by atoms with Crippen LogP contribution in [0.1, 0.15) is 15.9 Å². The Labute approximate surface area is 162 Å². The summed E-state index contributed by atoms with van der Waals surface area (Å²) >= 11 is 1.48. The summed E-state index contributed by atoms with van der Waals surface area (Å²) in [6, 6.07) is 24.6. The molecule has 0 heterocycles. The van der Waals surface area contributed by atoms with E-state index < -0.39 is 0 Å². The van der Waals surface area contributed by atoms with Gasteiger partial charge in [0.05, 0.1) is 5.75 Å². The smallest absolute Gasteiger partial charge is 0.167 e. The quantitative estimate of drug-likeness (QED) is 0.253. The number of carbonyl (C=O) groups excluding carboxylic acids is 1. The third kappa shape index (κ3) is 5.72. The Balaban J connectivity index is 1.58. The van der Waals surface area contributed by atoms with Crippen molar-refractivity contribution in [2.24, 2.45) is 5.73 Å². The molecule has 0 spiro atoms. The van der Waals surface area contributed by atoms with Crippen molar-refractivity contribution in [3.05, 3.63) is 90.0 Å². The zero-order valence-corrected chi connectivity index (χ0v) is 15.5. The molecule has 0 fully saturated rings. The van der Waals surface area contributed by atoms with Gasteiger partial charge in [-0.1, -0.05) is 42.5 Å². The topological polar surface area (TPSA) is 76.2 Å². The molecular weight excluding hydrogens is 356 g/mol. The lowest BCUT2D eigenvalue weighted by Gasteiger charge is -2.07. The highest BCUT2D eigenvalue weighted by Gasteiger charge is 2.08. The lowest BCUT2D eigenvalue weighted by atomic mass is 10.0. The van der Waals surface area contributed by atoms with Gasteiger partial charge in [-0.2, -0.15) is 0 Å². The molecule has 3 aromatic carbocycles. The van der Waals surface area contributed by atoms with Gasteiger partial charge in [-0.05, 0) is 42.0 Å². The van der Waals surface area contributed by atoms with Gasteiger partial charge >= 0.3 is 0 Å². The molecule has 0 aliphatic heterocycles. The van der Waals surface area contributed by atoms with Gasteiger partial charge in [0.1, 0.15) is 17.3 Å². The third-order valence-corrected chi connectivity index (χ3v) is 4.90. The van der Waals surface area contributed by atoms with Gasteiger partial charge in [0.25, 0.3) is 0 Å². The van der Waals surface area contributed by atoms with Gasteiger partial charge in [0, 0.05) is 16.9 Å². The fraction of sp³-hybridized carbons (Fsp3) is 0.0909. The van der Waals surface area contributed by atoms with Gasteiger partial charge in [-0.3, -0.25) is 10.2 Å². The molecule has 3 rings (SSSR count). The molecule has 0 bridgehead atoms. The zero-order chi connectivity index (χ0) is 19.1. The maximum absolute atomic E-state index is 12.5. The number of amidine groups is 1. The summed E-state index contributed by atoms with van der Waals surface area (Å²) in [4.78, 5) is 13.5. The van der Waals surface area contributed by atoms with Crippen molar-refractivity contribution in [2.75, 3.05) is 5.75 Å². The second kappa shape index (κ2) is 9.05. The second-order valence-corrected chi connectivity index (χ2v) is 7.05. The summed E-state index contributed by atoms with van der Waals surface area (Å²) < 4.78 is 5.76. The molecular formula is C22H20N2O2S. The molecule has 136 valence electrons. The van der Waals surface area contributed by atoms with Crippen LogP contribution in [0.2, 0.25) is 0 Å². The highest BCUT2D eigenvalue weighted by molar-refractivity contribution is 8.00. The standard InChI is InChI=1S/C22H20N2O2S/c23-22(24)15-27-20-12-8-17(9-13-20)21(25)14-16-6-10-19(11-7-16)26-18-4-2-1-3-5-18/h1-13H,14-15H2,(H3,23,24). The molecule has 0 radical (unpaired) electrons. The minimum absolute atomic E-state index is 0.0647. The summed E-state index contributed by atoms with van der Waals surface area (Å²) in [5.41, 5.74) is 6.97. The fourth-order valence-electron chi connectivity index (χ4n) is 2.49. The van der Waals surface area contributed by atoms with E-state index in [4.69, 9.17) is 15.9 Å². The first-order chi connectivity index (χ1) is 13.1. The van der Waals surface area contributed by atoms with E-state index in [0.717, 1.165) is 22.0 Å². The Morgan fingerprint density at radius 1 is 0.889 bits per heavy atom. The number of para-hydroxylation sites is 1. The highest BCUT2D eigenvalue weighted by Crippen LogP contribution is 2.22. The molecule has 0 saturated carbocycles. The monoisotopic (exact) mass is 376 g/mol. The van der Waals surface area contributed by atoms with Crippen molar-refractivity contribution in [1.29, 1.82) is 5.41 Å². The number of rotatable bonds is 8. The number of hydrogen-bond acceptors (Lipinski definition) is 4. The summed E-state index contributed by atoms with van der Waals surface area (Å²) in [5.74, 6) is 2.17. The number of carbonyl (C=O) groups is 1. The number of benzene rings is 3. The number of nitrogens with one attached hydrogen (secondary N) is 1. The van der Waals surface area contributed by atoms with E-state index in [1.807, 2.05) is 78.9 Å². The van der Waals surface area contributed by atoms with Gasteiger partial charge in [0.2, 0.25) is 0 Å². The first kappa shape index (κ1) is 18.7. The predicted octanol–water partition coefficient (Wildman–Crippen LogP) is 4.93. The lowest BCUT2D eigenvalue weighted by molar-refractivity contribution is 0.0993. The van der Waals surface area contributed by atoms with Crippen molar-refractivity contribution in [2.45, 2.75) is 11.3 Å². The number of thioether (sulfide) groups is 1. The molecule has 0 saturated heterocycles. The van der Waals surface area contributed by atoms with E-state index in [1.54, 1.807) is 0 Å². The van der Waals surface area contributed by atoms with Gasteiger partial charge in [-0.25, -0.2) is 0 Å². The van der Waals surface area contributed by atoms with Crippen LogP contribution >= 0.6 is 11.8 Å². The van der Waals surface area contributed by atoms with Crippen LogP contribution in [0.3, 0.4) is 0 Å². The van der Waals surface area contributed by atoms with Crippen LogP contribution < -0.4 is 10.5 Å². The Bertz CT molecular complexity index is 907. The Hall–Kier alpha value is -3.05. The minimum Gasteiger partial charge on any atom is -0.457 e. The van der Waals surface area contributed by atoms with Gasteiger partial charge in [-0.15, -0.1) is 11.8 Å². The number of nitrogens with two attached hydrogens (primary N) is 1. The number of ether oxygens (including phenoxy) is 1. The first-order valence-corrected chi connectivity index (χ1v) is 9.49. The summed E-state index contributed by atoms with van der Waals surface area (Å²) in [7, 11) is 0. The van der Waals surface area contributed by atoms with Crippen molar-refractivity contribution in [3.63, 3.8) is 0 Å². The summed E-state index contributed by atoms with van der Waals surface area (Å²) in [5, 5.41) is 7.25. The van der Waals surface area contributed by atoms with Gasteiger partial charge < -0.3 is 10.5 Å². The third-order valence-electron chi connectivity index (χ3n) is 3.84. The zero-order valence-electron chi connectivity index (χ0n) is 14.7. The highest BCUT2D eigenvalue weighted by atomic mass is 32.2. The molecule has 0 atom stereocenters. The molecule has 0 aromatic heterocycles. The second-order valence-electron chi connectivity index (χ2n) is 6.00. The first-order valence-electron chi connectivity index (χ1n) is 8.51. The van der Waals surface area contributed by atoms with Crippen LogP contribution in [-0.4, -0.2) is 17.4 Å². The molecule has 3 aromatic rings. The average Bonchev–Trinajstić information content (AvgIpc) is 2.69. The van der Waals surface area contributed by atoms with Crippen LogP contribution in [0, 0.1) is 5.41 Å². The molecule has 0 aliphatic carbocycles. The SMILES string of the molecule is N=C(N)CSc1ccc(C(=O)Cc2ccc(Oc3ccccc3)cc2)cc1. The van der Waals surface area contributed by atoms with Crippen LogP contribution in [0.15, 0.2) is 83.8 Å². The molecule has 0 amide bonds. The van der Waals surface area contributed by atoms with Crippen LogP contribution in [0.5, 0.6) is 11.5 Å².